The van der Waals surface area contributed by atoms with Gasteiger partial charge in [-0.2, -0.15) is 0 Å². The van der Waals surface area contributed by atoms with Gasteiger partial charge >= 0.3 is 0 Å². The van der Waals surface area contributed by atoms with Crippen molar-refractivity contribution >= 4 is 6.29 Å². The summed E-state index contributed by atoms with van der Waals surface area (Å²) < 4.78 is 0. The molecule has 1 fully saturated rings. The summed E-state index contributed by atoms with van der Waals surface area (Å²) in [6.07, 6.45) is 5.96. The maximum Gasteiger partial charge on any atom is 0.123 e. The fraction of sp³-hybridized carbons (Fsp3) is 0.875. The number of aldehydes is 1. The summed E-state index contributed by atoms with van der Waals surface area (Å²) in [6, 6.07) is 0. The zero-order chi connectivity index (χ0) is 6.69. The zero-order valence-electron chi connectivity index (χ0n) is 5.97. The van der Waals surface area contributed by atoms with Crippen molar-refractivity contribution in [1.29, 1.82) is 0 Å². The van der Waals surface area contributed by atoms with Crippen LogP contribution in [0, 0.1) is 11.8 Å². The van der Waals surface area contributed by atoms with Crippen LogP contribution in [0.4, 0.5) is 0 Å². The van der Waals surface area contributed by atoms with Crippen LogP contribution in [-0.2, 0) is 4.79 Å². The Kier molecular flexibility index (Phi) is 2.26. The van der Waals surface area contributed by atoms with Crippen LogP contribution in [0.25, 0.3) is 0 Å². The van der Waals surface area contributed by atoms with Crippen molar-refractivity contribution in [3.8, 4) is 0 Å². The van der Waals surface area contributed by atoms with Gasteiger partial charge in [0, 0.05) is 5.92 Å². The Bertz CT molecular complexity index is 98.7. The van der Waals surface area contributed by atoms with Gasteiger partial charge in [0.15, 0.2) is 0 Å². The third kappa shape index (κ3) is 1.81. The molecule has 1 heteroatoms. The fourth-order valence-electron chi connectivity index (χ4n) is 1.60. The van der Waals surface area contributed by atoms with Crippen molar-refractivity contribution in [3.63, 3.8) is 0 Å². The average Bonchev–Trinajstić information content (AvgIpc) is 1.88. The average molecular weight is 126 g/mol. The molecule has 1 rings (SSSR count). The summed E-state index contributed by atoms with van der Waals surface area (Å²) in [5.41, 5.74) is 0. The van der Waals surface area contributed by atoms with Gasteiger partial charge < -0.3 is 4.79 Å². The zero-order valence-corrected chi connectivity index (χ0v) is 5.97. The molecule has 0 bridgehead atoms. The Balaban J connectivity index is 2.31. The molecule has 0 aromatic rings. The van der Waals surface area contributed by atoms with E-state index in [-0.39, 0.29) is 0 Å². The van der Waals surface area contributed by atoms with E-state index in [0.717, 1.165) is 25.0 Å². The van der Waals surface area contributed by atoms with Gasteiger partial charge in [0.05, 0.1) is 0 Å². The first-order valence-corrected chi connectivity index (χ1v) is 3.78. The van der Waals surface area contributed by atoms with Gasteiger partial charge in [-0.05, 0) is 18.8 Å². The van der Waals surface area contributed by atoms with Crippen molar-refractivity contribution in [2.75, 3.05) is 0 Å². The second kappa shape index (κ2) is 3.00. The summed E-state index contributed by atoms with van der Waals surface area (Å²) in [7, 11) is 0. The molecule has 1 aliphatic rings. The molecule has 0 aromatic heterocycles. The predicted molar refractivity (Wildman–Crippen MR) is 37.2 cm³/mol. The van der Waals surface area contributed by atoms with E-state index in [1.165, 1.54) is 12.8 Å². The Hall–Kier alpha value is -0.330. The number of carbonyl (C=O) groups is 1. The van der Waals surface area contributed by atoms with Crippen molar-refractivity contribution in [2.24, 2.45) is 11.8 Å². The first kappa shape index (κ1) is 6.79. The van der Waals surface area contributed by atoms with Crippen LogP contribution >= 0.6 is 0 Å². The number of hydrogen-bond acceptors (Lipinski definition) is 1. The highest BCUT2D eigenvalue weighted by Crippen LogP contribution is 2.26. The van der Waals surface area contributed by atoms with Crippen molar-refractivity contribution < 1.29 is 4.79 Å². The molecule has 0 aliphatic heterocycles. The molecule has 0 unspecified atom stereocenters. The predicted octanol–water partition coefficient (Wildman–Crippen LogP) is 2.01. The molecule has 0 amide bonds. The van der Waals surface area contributed by atoms with E-state index in [1.54, 1.807) is 0 Å². The number of hydrogen-bond donors (Lipinski definition) is 0. The van der Waals surface area contributed by atoms with Gasteiger partial charge in [-0.3, -0.25) is 0 Å². The molecule has 0 radical (unpaired) electrons. The number of carbonyl (C=O) groups excluding carboxylic acids is 1. The molecular formula is C8H14O. The summed E-state index contributed by atoms with van der Waals surface area (Å²) in [6.45, 7) is 2.23. The Morgan fingerprint density at radius 3 is 2.67 bits per heavy atom. The summed E-state index contributed by atoms with van der Waals surface area (Å²) in [5.74, 6) is 1.17. The van der Waals surface area contributed by atoms with Crippen LogP contribution in [0.5, 0.6) is 0 Å². The van der Waals surface area contributed by atoms with E-state index in [2.05, 4.69) is 6.92 Å². The lowest BCUT2D eigenvalue weighted by Gasteiger charge is -2.21. The standard InChI is InChI=1S/C8H14O/c1-7-3-2-4-8(5-7)6-9/h6-8H,2-5H2,1H3/t7-,8-/m0/s1. The smallest absolute Gasteiger partial charge is 0.123 e. The summed E-state index contributed by atoms with van der Waals surface area (Å²) in [5, 5.41) is 0. The van der Waals surface area contributed by atoms with Crippen LogP contribution in [0.2, 0.25) is 0 Å². The quantitative estimate of drug-likeness (QED) is 0.491. The fourth-order valence-corrected chi connectivity index (χ4v) is 1.60. The lowest BCUT2D eigenvalue weighted by Crippen LogP contribution is -2.13. The minimum Gasteiger partial charge on any atom is -0.303 e. The molecule has 9 heavy (non-hydrogen) atoms. The van der Waals surface area contributed by atoms with Gasteiger partial charge in [-0.25, -0.2) is 0 Å². The van der Waals surface area contributed by atoms with Gasteiger partial charge in [-0.1, -0.05) is 19.8 Å². The molecule has 52 valence electrons. The normalized spacial score (nSPS) is 36.1. The molecule has 0 N–H and O–H groups in total. The molecule has 0 spiro atoms. The van der Waals surface area contributed by atoms with E-state index >= 15 is 0 Å². The molecular weight excluding hydrogens is 112 g/mol. The van der Waals surface area contributed by atoms with E-state index in [0.29, 0.717) is 5.92 Å². The van der Waals surface area contributed by atoms with E-state index in [1.807, 2.05) is 0 Å². The van der Waals surface area contributed by atoms with Crippen molar-refractivity contribution in [3.05, 3.63) is 0 Å². The van der Waals surface area contributed by atoms with Gasteiger partial charge in [0.25, 0.3) is 0 Å². The molecule has 0 aromatic carbocycles. The largest absolute Gasteiger partial charge is 0.303 e. The summed E-state index contributed by atoms with van der Waals surface area (Å²) >= 11 is 0. The van der Waals surface area contributed by atoms with Crippen molar-refractivity contribution in [2.45, 2.75) is 32.6 Å². The van der Waals surface area contributed by atoms with Gasteiger partial charge in [0.2, 0.25) is 0 Å². The molecule has 2 atom stereocenters. The lowest BCUT2D eigenvalue weighted by molar-refractivity contribution is -0.112. The summed E-state index contributed by atoms with van der Waals surface area (Å²) in [4.78, 5) is 10.3. The minimum atomic E-state index is 0.383. The lowest BCUT2D eigenvalue weighted by atomic mass is 9.83. The molecule has 0 heterocycles. The monoisotopic (exact) mass is 126 g/mol. The highest BCUT2D eigenvalue weighted by Gasteiger charge is 2.17. The highest BCUT2D eigenvalue weighted by molar-refractivity contribution is 5.53. The Morgan fingerprint density at radius 2 is 2.22 bits per heavy atom. The van der Waals surface area contributed by atoms with Crippen LogP contribution in [0.3, 0.4) is 0 Å². The van der Waals surface area contributed by atoms with E-state index < -0.39 is 0 Å². The van der Waals surface area contributed by atoms with Crippen LogP contribution < -0.4 is 0 Å². The first-order chi connectivity index (χ1) is 4.33. The van der Waals surface area contributed by atoms with Gasteiger partial charge in [-0.15, -0.1) is 0 Å². The van der Waals surface area contributed by atoms with Crippen LogP contribution in [-0.4, -0.2) is 6.29 Å². The second-order valence-corrected chi connectivity index (χ2v) is 3.17. The Labute approximate surface area is 56.4 Å². The Morgan fingerprint density at radius 1 is 1.44 bits per heavy atom. The maximum absolute atomic E-state index is 10.3. The third-order valence-corrected chi connectivity index (χ3v) is 2.17. The van der Waals surface area contributed by atoms with Crippen molar-refractivity contribution in [1.82, 2.24) is 0 Å². The van der Waals surface area contributed by atoms with Gasteiger partial charge in [0.1, 0.15) is 6.29 Å². The number of rotatable bonds is 1. The molecule has 1 aliphatic carbocycles. The van der Waals surface area contributed by atoms with E-state index in [4.69, 9.17) is 0 Å². The van der Waals surface area contributed by atoms with Crippen LogP contribution in [0.15, 0.2) is 0 Å². The maximum atomic E-state index is 10.3. The molecule has 0 saturated heterocycles. The second-order valence-electron chi connectivity index (χ2n) is 3.17. The SMILES string of the molecule is C[C@H]1CCC[C@H](C=O)C1. The topological polar surface area (TPSA) is 17.1 Å². The highest BCUT2D eigenvalue weighted by atomic mass is 16.1. The van der Waals surface area contributed by atoms with E-state index in [9.17, 15) is 4.79 Å². The third-order valence-electron chi connectivity index (χ3n) is 2.17. The van der Waals surface area contributed by atoms with Crippen LogP contribution in [0.1, 0.15) is 32.6 Å². The first-order valence-electron chi connectivity index (χ1n) is 3.78. The minimum absolute atomic E-state index is 0.383. The molecule has 1 nitrogen and oxygen atoms in total. The molecule has 1 saturated carbocycles.